The largest absolute Gasteiger partial charge is 0.382 e. The Hall–Kier alpha value is -4.07. The Morgan fingerprint density at radius 2 is 2.00 bits per heavy atom. The lowest BCUT2D eigenvalue weighted by Crippen LogP contribution is -2.29. The predicted molar refractivity (Wildman–Crippen MR) is 118 cm³/mol. The summed E-state index contributed by atoms with van der Waals surface area (Å²) in [5.74, 6) is -0.977. The van der Waals surface area contributed by atoms with Gasteiger partial charge in [-0.15, -0.1) is 0 Å². The van der Waals surface area contributed by atoms with Gasteiger partial charge in [0.05, 0.1) is 17.1 Å². The second-order valence-corrected chi connectivity index (χ2v) is 7.09. The number of anilines is 1. The molecule has 32 heavy (non-hydrogen) atoms. The summed E-state index contributed by atoms with van der Waals surface area (Å²) in [6.45, 7) is 1.36. The zero-order valence-electron chi connectivity index (χ0n) is 16.7. The third-order valence-corrected chi connectivity index (χ3v) is 4.48. The van der Waals surface area contributed by atoms with E-state index in [1.165, 1.54) is 25.1 Å². The van der Waals surface area contributed by atoms with Gasteiger partial charge in [-0.25, -0.2) is 10.4 Å². The lowest BCUT2D eigenvalue weighted by atomic mass is 10.0. The zero-order chi connectivity index (χ0) is 23.3. The number of nitrogens with one attached hydrogen (secondary N) is 3. The van der Waals surface area contributed by atoms with Crippen LogP contribution in [0.4, 0.5) is 5.69 Å². The van der Waals surface area contributed by atoms with E-state index < -0.39 is 24.0 Å². The molecule has 1 heterocycles. The Morgan fingerprint density at radius 3 is 2.66 bits per heavy atom. The Labute approximate surface area is 186 Å². The average molecular weight is 453 g/mol. The van der Waals surface area contributed by atoms with Gasteiger partial charge in [-0.1, -0.05) is 23.7 Å². The molecule has 162 valence electrons. The maximum Gasteiger partial charge on any atom is 0.276 e. The van der Waals surface area contributed by atoms with Crippen LogP contribution < -0.4 is 16.3 Å². The number of aromatic amines is 1. The molecule has 3 rings (SSSR count). The Morgan fingerprint density at radius 1 is 1.28 bits per heavy atom. The van der Waals surface area contributed by atoms with Crippen LogP contribution in [0.5, 0.6) is 0 Å². The fourth-order valence-corrected chi connectivity index (χ4v) is 2.99. The van der Waals surface area contributed by atoms with Crippen molar-refractivity contribution in [2.75, 3.05) is 5.32 Å². The van der Waals surface area contributed by atoms with Crippen LogP contribution in [0, 0.1) is 11.3 Å². The van der Waals surface area contributed by atoms with Gasteiger partial charge in [-0.3, -0.25) is 14.4 Å². The number of nitriles is 1. The van der Waals surface area contributed by atoms with E-state index in [1.54, 1.807) is 30.3 Å². The molecule has 1 atom stereocenters. The van der Waals surface area contributed by atoms with Crippen molar-refractivity contribution in [3.63, 3.8) is 0 Å². The van der Waals surface area contributed by atoms with Crippen molar-refractivity contribution in [3.8, 4) is 6.07 Å². The highest BCUT2D eigenvalue weighted by atomic mass is 35.5. The number of aliphatic hydroxyl groups is 1. The van der Waals surface area contributed by atoms with Gasteiger partial charge < -0.3 is 15.4 Å². The lowest BCUT2D eigenvalue weighted by Gasteiger charge is -2.15. The molecule has 0 spiro atoms. The molecule has 3 aromatic rings. The van der Waals surface area contributed by atoms with E-state index in [9.17, 15) is 19.5 Å². The first kappa shape index (κ1) is 22.6. The van der Waals surface area contributed by atoms with Gasteiger partial charge in [-0.2, -0.15) is 10.4 Å². The molecule has 0 saturated carbocycles. The van der Waals surface area contributed by atoms with Crippen molar-refractivity contribution >= 4 is 45.8 Å². The molecule has 0 radical (unpaired) electrons. The van der Waals surface area contributed by atoms with E-state index in [2.05, 4.69) is 25.8 Å². The highest BCUT2D eigenvalue weighted by Crippen LogP contribution is 2.21. The second-order valence-electron chi connectivity index (χ2n) is 6.65. The number of amides is 2. The van der Waals surface area contributed by atoms with Crippen molar-refractivity contribution in [1.29, 1.82) is 5.26 Å². The number of benzene rings is 2. The van der Waals surface area contributed by atoms with E-state index in [0.717, 1.165) is 0 Å². The minimum absolute atomic E-state index is 0.226. The van der Waals surface area contributed by atoms with Crippen LogP contribution in [0.1, 0.15) is 30.7 Å². The molecule has 2 amide bonds. The fourth-order valence-electron chi connectivity index (χ4n) is 2.82. The van der Waals surface area contributed by atoms with Crippen LogP contribution in [-0.2, 0) is 9.59 Å². The first-order valence-corrected chi connectivity index (χ1v) is 9.65. The summed E-state index contributed by atoms with van der Waals surface area (Å²) in [7, 11) is 0. The number of rotatable bonds is 6. The Balaban J connectivity index is 2.06. The average Bonchev–Trinajstić information content (AvgIpc) is 2.74. The summed E-state index contributed by atoms with van der Waals surface area (Å²) < 4.78 is 0. The molecule has 0 bridgehead atoms. The van der Waals surface area contributed by atoms with Crippen LogP contribution >= 0.6 is 11.6 Å². The number of aromatic nitrogens is 2. The second kappa shape index (κ2) is 9.82. The van der Waals surface area contributed by atoms with Crippen molar-refractivity contribution in [2.24, 2.45) is 5.10 Å². The summed E-state index contributed by atoms with van der Waals surface area (Å²) in [5, 5.41) is 26.5. The molecule has 0 saturated heterocycles. The molecular weight excluding hydrogens is 436 g/mol. The van der Waals surface area contributed by atoms with Gasteiger partial charge >= 0.3 is 0 Å². The molecule has 1 unspecified atom stereocenters. The van der Waals surface area contributed by atoms with Crippen molar-refractivity contribution in [2.45, 2.75) is 19.4 Å². The number of hydrogen-bond donors (Lipinski definition) is 4. The molecule has 11 heteroatoms. The monoisotopic (exact) mass is 452 g/mol. The topological polar surface area (TPSA) is 160 Å². The molecule has 0 aliphatic carbocycles. The van der Waals surface area contributed by atoms with Gasteiger partial charge in [0, 0.05) is 17.6 Å². The molecule has 0 aliphatic heterocycles. The van der Waals surface area contributed by atoms with Gasteiger partial charge in [0.2, 0.25) is 5.91 Å². The number of hydrazone groups is 1. The molecule has 4 N–H and O–H groups in total. The van der Waals surface area contributed by atoms with Gasteiger partial charge in [-0.05, 0) is 35.9 Å². The zero-order valence-corrected chi connectivity index (χ0v) is 17.5. The van der Waals surface area contributed by atoms with Crippen molar-refractivity contribution in [3.05, 3.63) is 69.1 Å². The predicted octanol–water partition coefficient (Wildman–Crippen LogP) is 2.00. The normalized spacial score (nSPS) is 12.1. The highest BCUT2D eigenvalue weighted by molar-refractivity contribution is 6.31. The standard InChI is InChI=1S/C21H17ClN6O4/c1-11(29)24-14-5-2-12(3-6-14)20(31)18(28-27-17(30)8-9-23)19-21(32)26-16-10-13(22)4-7-15(16)25-19/h2-7,10,20,31H,8H2,1H3,(H,24,29)(H,26,32)(H,27,30)/b28-18+. The van der Waals surface area contributed by atoms with Crippen molar-refractivity contribution in [1.82, 2.24) is 15.4 Å². The summed E-state index contributed by atoms with van der Waals surface area (Å²) in [4.78, 5) is 42.5. The molecule has 0 aliphatic rings. The van der Waals surface area contributed by atoms with Gasteiger partial charge in [0.15, 0.2) is 5.69 Å². The van der Waals surface area contributed by atoms with E-state index in [0.29, 0.717) is 27.3 Å². The number of carbonyl (C=O) groups is 2. The minimum atomic E-state index is -1.46. The molecule has 10 nitrogen and oxygen atoms in total. The Bertz CT molecular complexity index is 1310. The number of fused-ring (bicyclic) bond motifs is 1. The fraction of sp³-hybridized carbons (Fsp3) is 0.143. The first-order valence-electron chi connectivity index (χ1n) is 9.27. The number of aliphatic hydroxyl groups excluding tert-OH is 1. The lowest BCUT2D eigenvalue weighted by molar-refractivity contribution is -0.120. The van der Waals surface area contributed by atoms with Crippen molar-refractivity contribution < 1.29 is 14.7 Å². The van der Waals surface area contributed by atoms with Crippen LogP contribution in [0.15, 0.2) is 52.4 Å². The van der Waals surface area contributed by atoms with E-state index in [-0.39, 0.29) is 17.3 Å². The summed E-state index contributed by atoms with van der Waals surface area (Å²) >= 11 is 5.95. The third kappa shape index (κ3) is 5.34. The van der Waals surface area contributed by atoms with E-state index in [1.807, 2.05) is 0 Å². The third-order valence-electron chi connectivity index (χ3n) is 4.24. The van der Waals surface area contributed by atoms with Crippen LogP contribution in [0.3, 0.4) is 0 Å². The maximum atomic E-state index is 12.7. The summed E-state index contributed by atoms with van der Waals surface area (Å²) in [6.07, 6.45) is -1.92. The summed E-state index contributed by atoms with van der Waals surface area (Å²) in [6, 6.07) is 12.5. The number of nitrogens with zero attached hydrogens (tertiary/aromatic N) is 3. The minimum Gasteiger partial charge on any atom is -0.382 e. The summed E-state index contributed by atoms with van der Waals surface area (Å²) in [5.41, 5.74) is 2.62. The van der Waals surface area contributed by atoms with Crippen LogP contribution in [-0.4, -0.2) is 32.6 Å². The molecular formula is C21H17ClN6O4. The van der Waals surface area contributed by atoms with Crippen LogP contribution in [0.25, 0.3) is 11.0 Å². The molecule has 0 fully saturated rings. The highest BCUT2D eigenvalue weighted by Gasteiger charge is 2.23. The SMILES string of the molecule is CC(=O)Nc1ccc(C(O)/C(=N/NC(=O)CC#N)c2nc3ccc(Cl)cc3[nH]c2=O)cc1. The first-order chi connectivity index (χ1) is 15.3. The van der Waals surface area contributed by atoms with E-state index >= 15 is 0 Å². The Kier molecular flexibility index (Phi) is 6.94. The van der Waals surface area contributed by atoms with Gasteiger partial charge in [0.1, 0.15) is 18.2 Å². The molecule has 2 aromatic carbocycles. The number of H-pyrrole nitrogens is 1. The smallest absolute Gasteiger partial charge is 0.276 e. The quantitative estimate of drug-likeness (QED) is 0.330. The van der Waals surface area contributed by atoms with Crippen LogP contribution in [0.2, 0.25) is 5.02 Å². The number of halogens is 1. The maximum absolute atomic E-state index is 12.7. The molecule has 1 aromatic heterocycles. The van der Waals surface area contributed by atoms with E-state index in [4.69, 9.17) is 16.9 Å². The number of hydrogen-bond acceptors (Lipinski definition) is 7. The van der Waals surface area contributed by atoms with Gasteiger partial charge in [0.25, 0.3) is 11.5 Å². The number of carbonyl (C=O) groups excluding carboxylic acids is 2.